The minimum Gasteiger partial charge on any atom is -0.413 e. The van der Waals surface area contributed by atoms with Crippen LogP contribution < -0.4 is 0 Å². The van der Waals surface area contributed by atoms with Gasteiger partial charge >= 0.3 is 0 Å². The van der Waals surface area contributed by atoms with Crippen molar-refractivity contribution >= 4 is 14.6 Å². The van der Waals surface area contributed by atoms with Gasteiger partial charge in [-0.2, -0.15) is 0 Å². The lowest BCUT2D eigenvalue weighted by atomic mass is 10.0. The van der Waals surface area contributed by atoms with Crippen LogP contribution >= 0.6 is 0 Å². The number of hydrogen-bond donors (Lipinski definition) is 0. The van der Waals surface area contributed by atoms with E-state index in [2.05, 4.69) is 46.0 Å². The molecule has 0 N–H and O–H groups in total. The van der Waals surface area contributed by atoms with Crippen molar-refractivity contribution in [2.45, 2.75) is 90.5 Å². The molecule has 0 spiro atoms. The minimum atomic E-state index is -1.68. The molecule has 2 atom stereocenters. The SMILES string of the molecule is C/C(C=O)=C\[C@H]1C[C@H](C/C=C\C=C\CO[Si](C)(C)C(C)(C)C)OC(C)(C)O1. The van der Waals surface area contributed by atoms with Gasteiger partial charge in [-0.1, -0.05) is 45.1 Å². The molecule has 5 heteroatoms. The van der Waals surface area contributed by atoms with Gasteiger partial charge in [-0.3, -0.25) is 4.79 Å². The third-order valence-corrected chi connectivity index (χ3v) is 9.65. The van der Waals surface area contributed by atoms with E-state index >= 15 is 0 Å². The summed E-state index contributed by atoms with van der Waals surface area (Å²) in [4.78, 5) is 10.9. The van der Waals surface area contributed by atoms with E-state index in [0.29, 0.717) is 12.2 Å². The van der Waals surface area contributed by atoms with Crippen molar-refractivity contribution in [1.82, 2.24) is 0 Å². The second kappa shape index (κ2) is 9.96. The molecule has 0 aromatic rings. The summed E-state index contributed by atoms with van der Waals surface area (Å²) < 4.78 is 18.0. The molecule has 0 aromatic heterocycles. The number of carbonyl (C=O) groups is 1. The van der Waals surface area contributed by atoms with Crippen LogP contribution in [-0.4, -0.2) is 39.2 Å². The van der Waals surface area contributed by atoms with Crippen molar-refractivity contribution in [2.75, 3.05) is 6.61 Å². The van der Waals surface area contributed by atoms with Crippen LogP contribution in [-0.2, 0) is 18.7 Å². The van der Waals surface area contributed by atoms with E-state index in [4.69, 9.17) is 13.9 Å². The Labute approximate surface area is 166 Å². The zero-order chi connectivity index (χ0) is 20.7. The van der Waals surface area contributed by atoms with Gasteiger partial charge in [0.05, 0.1) is 18.8 Å². The predicted octanol–water partition coefficient (Wildman–Crippen LogP) is 5.57. The van der Waals surface area contributed by atoms with Crippen LogP contribution in [0.1, 0.15) is 54.4 Å². The average Bonchev–Trinajstić information content (AvgIpc) is 2.51. The summed E-state index contributed by atoms with van der Waals surface area (Å²) in [5.74, 6) is -0.645. The molecule has 1 fully saturated rings. The second-order valence-electron chi connectivity index (χ2n) is 9.22. The highest BCUT2D eigenvalue weighted by atomic mass is 28.4. The normalized spacial score (nSPS) is 24.7. The number of hydrogen-bond acceptors (Lipinski definition) is 4. The quantitative estimate of drug-likeness (QED) is 0.234. The largest absolute Gasteiger partial charge is 0.413 e. The Balaban J connectivity index is 2.48. The molecule has 0 bridgehead atoms. The zero-order valence-electron chi connectivity index (χ0n) is 18.4. The molecule has 1 saturated heterocycles. The van der Waals surface area contributed by atoms with Crippen LogP contribution in [0.4, 0.5) is 0 Å². The molecule has 4 nitrogen and oxygen atoms in total. The predicted molar refractivity (Wildman–Crippen MR) is 114 cm³/mol. The molecule has 1 rings (SSSR count). The van der Waals surface area contributed by atoms with E-state index in [-0.39, 0.29) is 17.2 Å². The number of carbonyl (C=O) groups excluding carboxylic acids is 1. The molecule has 0 radical (unpaired) electrons. The fraction of sp³-hybridized carbons (Fsp3) is 0.682. The van der Waals surface area contributed by atoms with Crippen LogP contribution in [0, 0.1) is 0 Å². The van der Waals surface area contributed by atoms with Crippen molar-refractivity contribution in [1.29, 1.82) is 0 Å². The Morgan fingerprint density at radius 1 is 1.19 bits per heavy atom. The smallest absolute Gasteiger partial charge is 0.192 e. The fourth-order valence-electron chi connectivity index (χ4n) is 2.64. The minimum absolute atomic E-state index is 0.0718. The lowest BCUT2D eigenvalue weighted by Crippen LogP contribution is -2.43. The molecule has 1 aliphatic rings. The fourth-order valence-corrected chi connectivity index (χ4v) is 3.59. The standard InChI is InChI=1S/C22H38O4Si/c1-18(17-23)15-20-16-19(25-22(5,6)26-20)13-11-9-10-12-14-24-27(7,8)21(2,3)4/h9-12,15,17,19-20H,13-14,16H2,1-8H3/b11-9-,12-10+,18-15+/t19-,20-/m0/s1. The second-order valence-corrected chi connectivity index (χ2v) is 14.0. The maximum atomic E-state index is 10.9. The van der Waals surface area contributed by atoms with Gasteiger partial charge in [-0.05, 0) is 57.0 Å². The van der Waals surface area contributed by atoms with Gasteiger partial charge in [0.25, 0.3) is 0 Å². The summed E-state index contributed by atoms with van der Waals surface area (Å²) >= 11 is 0. The van der Waals surface area contributed by atoms with E-state index in [1.165, 1.54) is 0 Å². The molecule has 0 unspecified atom stereocenters. The van der Waals surface area contributed by atoms with Gasteiger partial charge in [0.1, 0.15) is 6.29 Å². The Hall–Kier alpha value is -1.01. The van der Waals surface area contributed by atoms with Crippen LogP contribution in [0.2, 0.25) is 18.1 Å². The summed E-state index contributed by atoms with van der Waals surface area (Å²) in [6.45, 7) is 17.5. The number of allylic oxidation sites excluding steroid dienone is 3. The van der Waals surface area contributed by atoms with E-state index in [9.17, 15) is 4.79 Å². The zero-order valence-corrected chi connectivity index (χ0v) is 19.4. The average molecular weight is 395 g/mol. The van der Waals surface area contributed by atoms with Crippen molar-refractivity contribution in [3.8, 4) is 0 Å². The molecule has 1 heterocycles. The number of rotatable bonds is 8. The Morgan fingerprint density at radius 2 is 1.81 bits per heavy atom. The maximum absolute atomic E-state index is 10.9. The summed E-state index contributed by atoms with van der Waals surface area (Å²) in [5.41, 5.74) is 0.691. The van der Waals surface area contributed by atoms with Gasteiger partial charge in [0.2, 0.25) is 0 Å². The van der Waals surface area contributed by atoms with Crippen LogP contribution in [0.25, 0.3) is 0 Å². The molecule has 0 saturated carbocycles. The number of aldehydes is 1. The molecule has 154 valence electrons. The Morgan fingerprint density at radius 3 is 2.41 bits per heavy atom. The van der Waals surface area contributed by atoms with Crippen LogP contribution in [0.3, 0.4) is 0 Å². The molecule has 27 heavy (non-hydrogen) atoms. The van der Waals surface area contributed by atoms with Crippen LogP contribution in [0.15, 0.2) is 36.0 Å². The summed E-state index contributed by atoms with van der Waals surface area (Å²) in [5, 5.41) is 0.233. The van der Waals surface area contributed by atoms with Crippen molar-refractivity contribution in [3.05, 3.63) is 36.0 Å². The molecule has 0 amide bonds. The van der Waals surface area contributed by atoms with Gasteiger partial charge in [0.15, 0.2) is 14.1 Å². The first-order valence-electron chi connectivity index (χ1n) is 9.81. The summed E-state index contributed by atoms with van der Waals surface area (Å²) in [6.07, 6.45) is 12.5. The van der Waals surface area contributed by atoms with E-state index in [0.717, 1.165) is 19.1 Å². The van der Waals surface area contributed by atoms with Crippen molar-refractivity contribution < 1.29 is 18.7 Å². The van der Waals surface area contributed by atoms with Gasteiger partial charge in [-0.15, -0.1) is 0 Å². The maximum Gasteiger partial charge on any atom is 0.192 e. The van der Waals surface area contributed by atoms with E-state index < -0.39 is 14.1 Å². The van der Waals surface area contributed by atoms with E-state index in [1.54, 1.807) is 6.92 Å². The molecular weight excluding hydrogens is 356 g/mol. The third kappa shape index (κ3) is 8.69. The Kier molecular flexibility index (Phi) is 8.87. The molecule has 0 aliphatic carbocycles. The topological polar surface area (TPSA) is 44.8 Å². The molecule has 1 aliphatic heterocycles. The van der Waals surface area contributed by atoms with E-state index in [1.807, 2.05) is 32.1 Å². The highest BCUT2D eigenvalue weighted by Gasteiger charge is 2.36. The van der Waals surface area contributed by atoms with Crippen molar-refractivity contribution in [2.24, 2.45) is 0 Å². The highest BCUT2D eigenvalue weighted by Crippen LogP contribution is 2.36. The first-order valence-corrected chi connectivity index (χ1v) is 12.7. The lowest BCUT2D eigenvalue weighted by molar-refractivity contribution is -0.289. The monoisotopic (exact) mass is 394 g/mol. The van der Waals surface area contributed by atoms with Gasteiger partial charge in [0, 0.05) is 6.42 Å². The highest BCUT2D eigenvalue weighted by molar-refractivity contribution is 6.74. The number of ether oxygens (including phenoxy) is 2. The Bertz CT molecular complexity index is 567. The lowest BCUT2D eigenvalue weighted by Gasteiger charge is -2.39. The first kappa shape index (κ1) is 24.0. The summed E-state index contributed by atoms with van der Waals surface area (Å²) in [7, 11) is -1.68. The van der Waals surface area contributed by atoms with Gasteiger partial charge in [-0.25, -0.2) is 0 Å². The van der Waals surface area contributed by atoms with Gasteiger partial charge < -0.3 is 13.9 Å². The molecule has 0 aromatic carbocycles. The molecular formula is C22H38O4Si. The van der Waals surface area contributed by atoms with Crippen molar-refractivity contribution in [3.63, 3.8) is 0 Å². The first-order chi connectivity index (χ1) is 12.4. The third-order valence-electron chi connectivity index (χ3n) is 5.14. The van der Waals surface area contributed by atoms with Crippen LogP contribution in [0.5, 0.6) is 0 Å². The summed E-state index contributed by atoms with van der Waals surface area (Å²) in [6, 6.07) is 0.